The number of rotatable bonds is 3. The van der Waals surface area contributed by atoms with Crippen LogP contribution in [0.2, 0.25) is 0 Å². The van der Waals surface area contributed by atoms with E-state index in [0.717, 1.165) is 28.7 Å². The van der Waals surface area contributed by atoms with E-state index in [9.17, 15) is 5.11 Å². The average Bonchev–Trinajstić information content (AvgIpc) is 2.63. The van der Waals surface area contributed by atoms with E-state index in [1.807, 2.05) is 38.1 Å². The molecule has 0 aliphatic heterocycles. The Labute approximate surface area is 94.9 Å². The van der Waals surface area contributed by atoms with Gasteiger partial charge in [-0.3, -0.25) is 0 Å². The monoisotopic (exact) mass is 219 g/mol. The van der Waals surface area contributed by atoms with Crippen LogP contribution in [0, 0.1) is 6.92 Å². The van der Waals surface area contributed by atoms with Crippen molar-refractivity contribution >= 4 is 11.0 Å². The number of para-hydroxylation sites is 1. The van der Waals surface area contributed by atoms with Crippen molar-refractivity contribution in [2.45, 2.75) is 32.4 Å². The predicted octanol–water partition coefficient (Wildman–Crippen LogP) is 2.51. The minimum absolute atomic E-state index is 0.250. The zero-order chi connectivity index (χ0) is 11.7. The van der Waals surface area contributed by atoms with Crippen LogP contribution in [0.5, 0.6) is 0 Å². The summed E-state index contributed by atoms with van der Waals surface area (Å²) in [6.45, 7) is 3.83. The minimum atomic E-state index is -0.659. The first-order valence-electron chi connectivity index (χ1n) is 5.56. The number of nitrogens with two attached hydrogens (primary N) is 1. The van der Waals surface area contributed by atoms with E-state index < -0.39 is 6.10 Å². The molecular weight excluding hydrogens is 202 g/mol. The molecule has 0 aliphatic carbocycles. The van der Waals surface area contributed by atoms with Crippen LogP contribution in [0.4, 0.5) is 0 Å². The Balaban J connectivity index is 2.54. The summed E-state index contributed by atoms with van der Waals surface area (Å²) in [5, 5.41) is 11.1. The molecule has 16 heavy (non-hydrogen) atoms. The number of aryl methyl sites for hydroxylation is 1. The van der Waals surface area contributed by atoms with Gasteiger partial charge >= 0.3 is 0 Å². The van der Waals surface area contributed by atoms with Crippen LogP contribution >= 0.6 is 0 Å². The highest BCUT2D eigenvalue weighted by atomic mass is 16.3. The highest BCUT2D eigenvalue weighted by Crippen LogP contribution is 2.31. The summed E-state index contributed by atoms with van der Waals surface area (Å²) in [7, 11) is 0. The summed E-state index contributed by atoms with van der Waals surface area (Å²) in [6.07, 6.45) is 0.0776. The second kappa shape index (κ2) is 4.28. The number of aliphatic hydroxyl groups is 1. The molecular formula is C13H17NO2. The first-order chi connectivity index (χ1) is 7.65. The van der Waals surface area contributed by atoms with Gasteiger partial charge in [0.2, 0.25) is 0 Å². The number of hydrogen-bond acceptors (Lipinski definition) is 3. The van der Waals surface area contributed by atoms with Gasteiger partial charge in [0.15, 0.2) is 0 Å². The van der Waals surface area contributed by atoms with Crippen molar-refractivity contribution < 1.29 is 9.52 Å². The average molecular weight is 219 g/mol. The molecule has 0 saturated heterocycles. The van der Waals surface area contributed by atoms with E-state index >= 15 is 0 Å². The molecule has 1 heterocycles. The highest BCUT2D eigenvalue weighted by molar-refractivity contribution is 5.82. The molecule has 3 N–H and O–H groups in total. The summed E-state index contributed by atoms with van der Waals surface area (Å²) in [4.78, 5) is 0. The fourth-order valence-corrected chi connectivity index (χ4v) is 1.99. The zero-order valence-electron chi connectivity index (χ0n) is 9.60. The van der Waals surface area contributed by atoms with Crippen molar-refractivity contribution in [3.63, 3.8) is 0 Å². The second-order valence-electron chi connectivity index (χ2n) is 4.09. The van der Waals surface area contributed by atoms with Gasteiger partial charge in [-0.1, -0.05) is 25.1 Å². The molecule has 0 radical (unpaired) electrons. The van der Waals surface area contributed by atoms with Crippen molar-refractivity contribution in [3.8, 4) is 0 Å². The van der Waals surface area contributed by atoms with Crippen molar-refractivity contribution in [2.24, 2.45) is 5.73 Å². The van der Waals surface area contributed by atoms with E-state index in [1.165, 1.54) is 0 Å². The van der Waals surface area contributed by atoms with Crippen LogP contribution < -0.4 is 5.73 Å². The van der Waals surface area contributed by atoms with Crippen LogP contribution in [0.25, 0.3) is 11.0 Å². The summed E-state index contributed by atoms with van der Waals surface area (Å²) in [6, 6.07) is 7.45. The SMILES string of the molecule is CCC(N)C(O)c1c(C)oc2ccccc12. The van der Waals surface area contributed by atoms with Crippen molar-refractivity contribution in [1.82, 2.24) is 0 Å². The Morgan fingerprint density at radius 3 is 2.75 bits per heavy atom. The maximum Gasteiger partial charge on any atom is 0.134 e. The van der Waals surface area contributed by atoms with E-state index in [2.05, 4.69) is 0 Å². The normalized spacial score (nSPS) is 15.2. The Bertz CT molecular complexity index is 490. The maximum atomic E-state index is 10.2. The van der Waals surface area contributed by atoms with Crippen LogP contribution in [0.1, 0.15) is 30.8 Å². The standard InChI is InChI=1S/C13H17NO2/c1-3-10(14)13(15)12-8(2)16-11-7-5-4-6-9(11)12/h4-7,10,13,15H,3,14H2,1-2H3. The summed E-state index contributed by atoms with van der Waals surface area (Å²) < 4.78 is 5.60. The van der Waals surface area contributed by atoms with E-state index in [1.54, 1.807) is 0 Å². The van der Waals surface area contributed by atoms with Gasteiger partial charge in [0.25, 0.3) is 0 Å². The van der Waals surface area contributed by atoms with Gasteiger partial charge in [0, 0.05) is 17.0 Å². The third kappa shape index (κ3) is 1.72. The van der Waals surface area contributed by atoms with Gasteiger partial charge in [-0.05, 0) is 19.4 Å². The Kier molecular flexibility index (Phi) is 2.99. The molecule has 2 atom stereocenters. The van der Waals surface area contributed by atoms with Crippen LogP contribution in [-0.4, -0.2) is 11.1 Å². The van der Waals surface area contributed by atoms with Gasteiger partial charge in [-0.2, -0.15) is 0 Å². The molecule has 1 aromatic carbocycles. The lowest BCUT2D eigenvalue weighted by atomic mass is 9.98. The molecule has 2 aromatic rings. The molecule has 3 heteroatoms. The fraction of sp³-hybridized carbons (Fsp3) is 0.385. The van der Waals surface area contributed by atoms with E-state index in [0.29, 0.717) is 0 Å². The molecule has 0 spiro atoms. The molecule has 0 bridgehead atoms. The van der Waals surface area contributed by atoms with Crippen LogP contribution in [0.3, 0.4) is 0 Å². The quantitative estimate of drug-likeness (QED) is 0.833. The number of furan rings is 1. The van der Waals surface area contributed by atoms with E-state index in [-0.39, 0.29) is 6.04 Å². The molecule has 0 fully saturated rings. The lowest BCUT2D eigenvalue weighted by Crippen LogP contribution is -2.27. The van der Waals surface area contributed by atoms with Gasteiger partial charge in [0.05, 0.1) is 6.10 Å². The lowest BCUT2D eigenvalue weighted by molar-refractivity contribution is 0.144. The number of benzene rings is 1. The molecule has 1 aromatic heterocycles. The Morgan fingerprint density at radius 1 is 1.38 bits per heavy atom. The fourth-order valence-electron chi connectivity index (χ4n) is 1.99. The van der Waals surface area contributed by atoms with Gasteiger partial charge in [-0.25, -0.2) is 0 Å². The lowest BCUT2D eigenvalue weighted by Gasteiger charge is -2.16. The molecule has 2 unspecified atom stereocenters. The highest BCUT2D eigenvalue weighted by Gasteiger charge is 2.22. The molecule has 86 valence electrons. The third-order valence-electron chi connectivity index (χ3n) is 2.99. The summed E-state index contributed by atoms with van der Waals surface area (Å²) in [5.74, 6) is 0.748. The van der Waals surface area contributed by atoms with Gasteiger partial charge in [-0.15, -0.1) is 0 Å². The maximum absolute atomic E-state index is 10.2. The minimum Gasteiger partial charge on any atom is -0.461 e. The first-order valence-corrected chi connectivity index (χ1v) is 5.56. The predicted molar refractivity (Wildman–Crippen MR) is 64.2 cm³/mol. The van der Waals surface area contributed by atoms with Gasteiger partial charge in [0.1, 0.15) is 11.3 Å². The molecule has 3 nitrogen and oxygen atoms in total. The number of hydrogen-bond donors (Lipinski definition) is 2. The zero-order valence-corrected chi connectivity index (χ0v) is 9.60. The first kappa shape index (κ1) is 11.2. The van der Waals surface area contributed by atoms with Crippen molar-refractivity contribution in [3.05, 3.63) is 35.6 Å². The Morgan fingerprint density at radius 2 is 2.06 bits per heavy atom. The van der Waals surface area contributed by atoms with Crippen LogP contribution in [0.15, 0.2) is 28.7 Å². The third-order valence-corrected chi connectivity index (χ3v) is 2.99. The molecule has 2 rings (SSSR count). The summed E-state index contributed by atoms with van der Waals surface area (Å²) >= 11 is 0. The largest absolute Gasteiger partial charge is 0.461 e. The molecule has 0 saturated carbocycles. The summed E-state index contributed by atoms with van der Waals surface area (Å²) in [5.41, 5.74) is 7.50. The number of fused-ring (bicyclic) bond motifs is 1. The molecule has 0 aliphatic rings. The second-order valence-corrected chi connectivity index (χ2v) is 4.09. The Hall–Kier alpha value is -1.32. The smallest absolute Gasteiger partial charge is 0.134 e. The van der Waals surface area contributed by atoms with Crippen LogP contribution in [-0.2, 0) is 0 Å². The van der Waals surface area contributed by atoms with Crippen molar-refractivity contribution in [2.75, 3.05) is 0 Å². The number of aliphatic hydroxyl groups excluding tert-OH is 1. The van der Waals surface area contributed by atoms with E-state index in [4.69, 9.17) is 10.2 Å². The topological polar surface area (TPSA) is 59.4 Å². The van der Waals surface area contributed by atoms with Gasteiger partial charge < -0.3 is 15.3 Å². The van der Waals surface area contributed by atoms with Crippen molar-refractivity contribution in [1.29, 1.82) is 0 Å². The molecule has 0 amide bonds.